The highest BCUT2D eigenvalue weighted by Crippen LogP contribution is 2.34. The summed E-state index contributed by atoms with van der Waals surface area (Å²) in [5, 5.41) is 0. The zero-order chi connectivity index (χ0) is 19.4. The molecular weight excluding hydrogens is 357 g/mol. The Morgan fingerprint density at radius 3 is 2.59 bits per heavy atom. The van der Waals surface area contributed by atoms with E-state index >= 15 is 0 Å². The topological polar surface area (TPSA) is 55.6 Å². The van der Waals surface area contributed by atoms with Crippen molar-refractivity contribution < 1.29 is 22.7 Å². The third-order valence-electron chi connectivity index (χ3n) is 4.67. The van der Waals surface area contributed by atoms with Crippen LogP contribution in [0, 0.1) is 5.92 Å². The maximum atomic E-state index is 12.9. The Morgan fingerprint density at radius 1 is 1.19 bits per heavy atom. The number of nitrogen functional groups attached to an aromatic ring is 1. The van der Waals surface area contributed by atoms with Crippen molar-refractivity contribution in [3.8, 4) is 5.75 Å². The molecule has 7 heteroatoms. The Hall–Kier alpha value is -2.70. The lowest BCUT2D eigenvalue weighted by Gasteiger charge is -2.33. The fraction of sp³-hybridized carbons (Fsp3) is 0.350. The van der Waals surface area contributed by atoms with Crippen molar-refractivity contribution in [2.75, 3.05) is 18.8 Å². The van der Waals surface area contributed by atoms with Gasteiger partial charge in [-0.05, 0) is 36.6 Å². The van der Waals surface area contributed by atoms with Crippen LogP contribution in [0.25, 0.3) is 0 Å². The van der Waals surface area contributed by atoms with E-state index in [9.17, 15) is 18.0 Å². The van der Waals surface area contributed by atoms with Crippen LogP contribution < -0.4 is 10.5 Å². The molecule has 0 saturated carbocycles. The maximum absolute atomic E-state index is 12.9. The lowest BCUT2D eigenvalue weighted by atomic mass is 9.97. The van der Waals surface area contributed by atoms with Crippen molar-refractivity contribution in [2.45, 2.75) is 25.6 Å². The predicted octanol–water partition coefficient (Wildman–Crippen LogP) is 4.26. The summed E-state index contributed by atoms with van der Waals surface area (Å²) in [5.41, 5.74) is 7.49. The highest BCUT2D eigenvalue weighted by atomic mass is 19.4. The van der Waals surface area contributed by atoms with Crippen LogP contribution in [0.1, 0.15) is 28.8 Å². The normalized spacial score (nSPS) is 17.6. The number of nitrogens with two attached hydrogens (primary N) is 1. The summed E-state index contributed by atoms with van der Waals surface area (Å²) in [7, 11) is 0. The number of ether oxygens (including phenoxy) is 1. The number of piperidine rings is 1. The first-order valence-corrected chi connectivity index (χ1v) is 8.77. The van der Waals surface area contributed by atoms with Gasteiger partial charge in [-0.3, -0.25) is 4.79 Å². The molecule has 1 heterocycles. The third kappa shape index (κ3) is 4.72. The lowest BCUT2D eigenvalue weighted by molar-refractivity contribution is -0.184. The minimum Gasteiger partial charge on any atom is -0.487 e. The summed E-state index contributed by atoms with van der Waals surface area (Å²) >= 11 is 0. The van der Waals surface area contributed by atoms with Crippen molar-refractivity contribution in [2.24, 2.45) is 5.92 Å². The fourth-order valence-electron chi connectivity index (χ4n) is 3.16. The maximum Gasteiger partial charge on any atom is 0.393 e. The van der Waals surface area contributed by atoms with E-state index in [2.05, 4.69) is 0 Å². The molecule has 1 amide bonds. The van der Waals surface area contributed by atoms with Crippen LogP contribution in [0.3, 0.4) is 0 Å². The summed E-state index contributed by atoms with van der Waals surface area (Å²) in [6.07, 6.45) is -3.89. The molecule has 3 rings (SSSR count). The molecule has 2 N–H and O–H groups in total. The van der Waals surface area contributed by atoms with Crippen molar-refractivity contribution in [3.63, 3.8) is 0 Å². The molecule has 1 aliphatic heterocycles. The highest BCUT2D eigenvalue weighted by molar-refractivity contribution is 5.95. The van der Waals surface area contributed by atoms with Gasteiger partial charge in [0.1, 0.15) is 12.4 Å². The SMILES string of the molecule is Nc1cc(C(=O)N2CCCC(C(F)(F)F)C2)ccc1OCc1ccccc1. The van der Waals surface area contributed by atoms with E-state index in [0.717, 1.165) is 5.56 Å². The number of carbonyl (C=O) groups is 1. The van der Waals surface area contributed by atoms with E-state index in [1.54, 1.807) is 6.07 Å². The first-order valence-electron chi connectivity index (χ1n) is 8.77. The Morgan fingerprint density at radius 2 is 1.93 bits per heavy atom. The summed E-state index contributed by atoms with van der Waals surface area (Å²) in [6.45, 7) is 0.337. The van der Waals surface area contributed by atoms with Crippen molar-refractivity contribution in [1.29, 1.82) is 0 Å². The van der Waals surface area contributed by atoms with Crippen LogP contribution in [0.4, 0.5) is 18.9 Å². The summed E-state index contributed by atoms with van der Waals surface area (Å²) in [5.74, 6) is -1.48. The minimum absolute atomic E-state index is 0.0572. The van der Waals surface area contributed by atoms with E-state index in [4.69, 9.17) is 10.5 Å². The van der Waals surface area contributed by atoms with Gasteiger partial charge in [-0.1, -0.05) is 30.3 Å². The molecule has 2 aromatic carbocycles. The smallest absolute Gasteiger partial charge is 0.393 e. The van der Waals surface area contributed by atoms with Gasteiger partial charge >= 0.3 is 6.18 Å². The standard InChI is InChI=1S/C20H21F3N2O2/c21-20(22,23)16-7-4-10-25(12-16)19(26)15-8-9-18(17(24)11-15)27-13-14-5-2-1-3-6-14/h1-3,5-6,8-9,11,16H,4,7,10,12-13,24H2. The third-order valence-corrected chi connectivity index (χ3v) is 4.67. The second-order valence-corrected chi connectivity index (χ2v) is 6.66. The lowest BCUT2D eigenvalue weighted by Crippen LogP contribution is -2.44. The van der Waals surface area contributed by atoms with Gasteiger partial charge < -0.3 is 15.4 Å². The highest BCUT2D eigenvalue weighted by Gasteiger charge is 2.42. The molecule has 1 aliphatic rings. The van der Waals surface area contributed by atoms with Gasteiger partial charge in [0.05, 0.1) is 11.6 Å². The van der Waals surface area contributed by atoms with E-state index in [1.165, 1.54) is 17.0 Å². The molecule has 0 aliphatic carbocycles. The van der Waals surface area contributed by atoms with Gasteiger partial charge in [0, 0.05) is 18.7 Å². The Balaban J connectivity index is 1.66. The molecule has 0 aromatic heterocycles. The number of likely N-dealkylation sites (tertiary alicyclic amines) is 1. The largest absolute Gasteiger partial charge is 0.487 e. The number of hydrogen-bond donors (Lipinski definition) is 1. The number of hydrogen-bond acceptors (Lipinski definition) is 3. The van der Waals surface area contributed by atoms with Crippen molar-refractivity contribution in [1.82, 2.24) is 4.90 Å². The summed E-state index contributed by atoms with van der Waals surface area (Å²) in [6, 6.07) is 14.1. The fourth-order valence-corrected chi connectivity index (χ4v) is 3.16. The number of amides is 1. The average molecular weight is 378 g/mol. The zero-order valence-corrected chi connectivity index (χ0v) is 14.7. The monoisotopic (exact) mass is 378 g/mol. The van der Waals surface area contributed by atoms with Crippen LogP contribution in [0.5, 0.6) is 5.75 Å². The summed E-state index contributed by atoms with van der Waals surface area (Å²) < 4.78 is 44.5. The molecular formula is C20H21F3N2O2. The quantitative estimate of drug-likeness (QED) is 0.809. The van der Waals surface area contributed by atoms with Crippen LogP contribution >= 0.6 is 0 Å². The number of nitrogens with zero attached hydrogens (tertiary/aromatic N) is 1. The minimum atomic E-state index is -4.28. The molecule has 1 fully saturated rings. The van der Waals surface area contributed by atoms with Gasteiger partial charge in [0.2, 0.25) is 0 Å². The number of alkyl halides is 3. The molecule has 0 bridgehead atoms. The van der Waals surface area contributed by atoms with Crippen LogP contribution in [-0.2, 0) is 6.61 Å². The van der Waals surface area contributed by atoms with Gasteiger partial charge in [0.15, 0.2) is 0 Å². The Bertz CT molecular complexity index is 794. The van der Waals surface area contributed by atoms with E-state index in [0.29, 0.717) is 25.3 Å². The summed E-state index contributed by atoms with van der Waals surface area (Å²) in [4.78, 5) is 13.8. The molecule has 144 valence electrons. The second kappa shape index (κ2) is 7.90. The van der Waals surface area contributed by atoms with Crippen LogP contribution in [-0.4, -0.2) is 30.1 Å². The van der Waals surface area contributed by atoms with Gasteiger partial charge in [-0.15, -0.1) is 0 Å². The average Bonchev–Trinajstić information content (AvgIpc) is 2.66. The molecule has 1 atom stereocenters. The Kier molecular flexibility index (Phi) is 5.58. The zero-order valence-electron chi connectivity index (χ0n) is 14.7. The second-order valence-electron chi connectivity index (χ2n) is 6.66. The van der Waals surface area contributed by atoms with E-state index in [1.807, 2.05) is 30.3 Å². The van der Waals surface area contributed by atoms with Gasteiger partial charge in [-0.2, -0.15) is 13.2 Å². The van der Waals surface area contributed by atoms with Gasteiger partial charge in [0.25, 0.3) is 5.91 Å². The van der Waals surface area contributed by atoms with Crippen molar-refractivity contribution in [3.05, 3.63) is 59.7 Å². The van der Waals surface area contributed by atoms with Crippen LogP contribution in [0.15, 0.2) is 48.5 Å². The van der Waals surface area contributed by atoms with E-state index in [-0.39, 0.29) is 24.2 Å². The molecule has 4 nitrogen and oxygen atoms in total. The van der Waals surface area contributed by atoms with E-state index < -0.39 is 18.0 Å². The first-order chi connectivity index (χ1) is 12.8. The number of anilines is 1. The number of halogens is 3. The molecule has 0 spiro atoms. The van der Waals surface area contributed by atoms with Gasteiger partial charge in [-0.25, -0.2) is 0 Å². The molecule has 1 unspecified atom stereocenters. The molecule has 1 saturated heterocycles. The molecule has 0 radical (unpaired) electrons. The van der Waals surface area contributed by atoms with Crippen molar-refractivity contribution >= 4 is 11.6 Å². The number of rotatable bonds is 4. The molecule has 27 heavy (non-hydrogen) atoms. The van der Waals surface area contributed by atoms with Crippen LogP contribution in [0.2, 0.25) is 0 Å². The number of benzene rings is 2. The first kappa shape index (κ1) is 19.1. The predicted molar refractivity (Wildman–Crippen MR) is 96.3 cm³/mol. The molecule has 2 aromatic rings. The number of carbonyl (C=O) groups excluding carboxylic acids is 1. The Labute approximate surface area is 155 Å².